The highest BCUT2D eigenvalue weighted by Crippen LogP contribution is 2.27. The van der Waals surface area contributed by atoms with Crippen LogP contribution in [0, 0.1) is 5.92 Å². The van der Waals surface area contributed by atoms with E-state index in [4.69, 9.17) is 0 Å². The van der Waals surface area contributed by atoms with Gasteiger partial charge < -0.3 is 10.0 Å². The third-order valence-electron chi connectivity index (χ3n) is 4.11. The van der Waals surface area contributed by atoms with E-state index in [1.54, 1.807) is 0 Å². The highest BCUT2D eigenvalue weighted by Gasteiger charge is 2.33. The second-order valence-corrected chi connectivity index (χ2v) is 5.62. The lowest BCUT2D eigenvalue weighted by molar-refractivity contribution is -0.137. The molecule has 2 rings (SSSR count). The van der Waals surface area contributed by atoms with E-state index in [1.165, 1.54) is 0 Å². The number of rotatable bonds is 2. The van der Waals surface area contributed by atoms with E-state index < -0.39 is 0 Å². The van der Waals surface area contributed by atoms with Crippen LogP contribution in [-0.2, 0) is 4.79 Å². The van der Waals surface area contributed by atoms with Crippen LogP contribution in [0.15, 0.2) is 0 Å². The van der Waals surface area contributed by atoms with Crippen LogP contribution in [0.3, 0.4) is 0 Å². The van der Waals surface area contributed by atoms with Gasteiger partial charge in [-0.2, -0.15) is 0 Å². The number of hydrogen-bond acceptors (Lipinski definition) is 3. The average Bonchev–Trinajstić information content (AvgIpc) is 2.75. The molecule has 4 nitrogen and oxygen atoms in total. The van der Waals surface area contributed by atoms with Crippen molar-refractivity contribution >= 4 is 5.91 Å². The Hall–Kier alpha value is -0.610. The minimum Gasteiger partial charge on any atom is -0.393 e. The molecule has 0 bridgehead atoms. The second-order valence-electron chi connectivity index (χ2n) is 5.62. The molecule has 0 spiro atoms. The number of hydrogen-bond donors (Lipinski definition) is 1. The van der Waals surface area contributed by atoms with Gasteiger partial charge in [-0.1, -0.05) is 0 Å². The van der Waals surface area contributed by atoms with Gasteiger partial charge in [-0.15, -0.1) is 0 Å². The van der Waals surface area contributed by atoms with Crippen LogP contribution in [0.5, 0.6) is 0 Å². The maximum atomic E-state index is 12.2. The molecule has 17 heavy (non-hydrogen) atoms. The minimum atomic E-state index is -0.249. The molecule has 1 heterocycles. The van der Waals surface area contributed by atoms with Crippen molar-refractivity contribution in [1.82, 2.24) is 9.80 Å². The fraction of sp³-hybridized carbons (Fsp3) is 0.923. The third-order valence-corrected chi connectivity index (χ3v) is 4.11. The molecule has 0 radical (unpaired) electrons. The fourth-order valence-corrected chi connectivity index (χ4v) is 2.90. The molecule has 0 aromatic heterocycles. The second kappa shape index (κ2) is 5.36. The summed E-state index contributed by atoms with van der Waals surface area (Å²) in [6.07, 6.45) is 2.08. The van der Waals surface area contributed by atoms with E-state index in [9.17, 15) is 9.90 Å². The lowest BCUT2D eigenvalue weighted by atomic mass is 10.1. The van der Waals surface area contributed by atoms with E-state index in [2.05, 4.69) is 18.7 Å². The summed E-state index contributed by atoms with van der Waals surface area (Å²) in [5, 5.41) is 9.48. The minimum absolute atomic E-state index is 0.0793. The summed E-state index contributed by atoms with van der Waals surface area (Å²) in [4.78, 5) is 16.6. The summed E-state index contributed by atoms with van der Waals surface area (Å²) < 4.78 is 0. The zero-order chi connectivity index (χ0) is 12.4. The van der Waals surface area contributed by atoms with Crippen molar-refractivity contribution in [3.05, 3.63) is 0 Å². The van der Waals surface area contributed by atoms with E-state index in [0.717, 1.165) is 39.0 Å². The SMILES string of the molecule is CC(C)N1CCN(C(=O)C2CCC(O)C2)CC1. The average molecular weight is 240 g/mol. The maximum Gasteiger partial charge on any atom is 0.225 e. The van der Waals surface area contributed by atoms with E-state index in [0.29, 0.717) is 12.5 Å². The molecule has 2 atom stereocenters. The van der Waals surface area contributed by atoms with Crippen molar-refractivity contribution in [3.8, 4) is 0 Å². The summed E-state index contributed by atoms with van der Waals surface area (Å²) in [6.45, 7) is 8.07. The summed E-state index contributed by atoms with van der Waals surface area (Å²) in [6, 6.07) is 0.570. The Balaban J connectivity index is 1.82. The monoisotopic (exact) mass is 240 g/mol. The summed E-state index contributed by atoms with van der Waals surface area (Å²) in [7, 11) is 0. The molecule has 2 fully saturated rings. The normalized spacial score (nSPS) is 31.2. The Bertz CT molecular complexity index is 273. The van der Waals surface area contributed by atoms with Gasteiger partial charge in [-0.3, -0.25) is 9.69 Å². The van der Waals surface area contributed by atoms with Crippen LogP contribution in [0.4, 0.5) is 0 Å². The quantitative estimate of drug-likeness (QED) is 0.773. The Labute approximate surface area is 104 Å². The summed E-state index contributed by atoms with van der Waals surface area (Å²) >= 11 is 0. The number of piperazine rings is 1. The zero-order valence-corrected chi connectivity index (χ0v) is 10.9. The fourth-order valence-electron chi connectivity index (χ4n) is 2.90. The molecule has 0 aromatic carbocycles. The molecule has 1 aliphatic carbocycles. The number of amides is 1. The Morgan fingerprint density at radius 2 is 1.82 bits per heavy atom. The van der Waals surface area contributed by atoms with E-state index >= 15 is 0 Å². The van der Waals surface area contributed by atoms with Crippen molar-refractivity contribution in [3.63, 3.8) is 0 Å². The lowest BCUT2D eigenvalue weighted by Crippen LogP contribution is -2.51. The molecule has 98 valence electrons. The Morgan fingerprint density at radius 1 is 1.18 bits per heavy atom. The molecule has 1 aliphatic heterocycles. The third kappa shape index (κ3) is 2.99. The highest BCUT2D eigenvalue weighted by molar-refractivity contribution is 5.79. The lowest BCUT2D eigenvalue weighted by Gasteiger charge is -2.37. The predicted octanol–water partition coefficient (Wildman–Crippen LogP) is 0.700. The smallest absolute Gasteiger partial charge is 0.225 e. The van der Waals surface area contributed by atoms with Gasteiger partial charge in [0.15, 0.2) is 0 Å². The Morgan fingerprint density at radius 3 is 2.29 bits per heavy atom. The molecule has 0 aromatic rings. The largest absolute Gasteiger partial charge is 0.393 e. The molecular weight excluding hydrogens is 216 g/mol. The highest BCUT2D eigenvalue weighted by atomic mass is 16.3. The molecule has 1 saturated heterocycles. The van der Waals surface area contributed by atoms with Crippen molar-refractivity contribution in [2.45, 2.75) is 45.3 Å². The molecule has 2 aliphatic rings. The van der Waals surface area contributed by atoms with Crippen LogP contribution >= 0.6 is 0 Å². The van der Waals surface area contributed by atoms with Gasteiger partial charge in [0.2, 0.25) is 5.91 Å². The molecule has 1 amide bonds. The predicted molar refractivity (Wildman–Crippen MR) is 66.6 cm³/mol. The van der Waals surface area contributed by atoms with Gasteiger partial charge in [0.25, 0.3) is 0 Å². The van der Waals surface area contributed by atoms with Gasteiger partial charge >= 0.3 is 0 Å². The number of carbonyl (C=O) groups is 1. The van der Waals surface area contributed by atoms with Crippen molar-refractivity contribution in [2.24, 2.45) is 5.92 Å². The van der Waals surface area contributed by atoms with Crippen molar-refractivity contribution in [1.29, 1.82) is 0 Å². The van der Waals surface area contributed by atoms with Crippen LogP contribution < -0.4 is 0 Å². The van der Waals surface area contributed by atoms with Crippen molar-refractivity contribution < 1.29 is 9.90 Å². The van der Waals surface area contributed by atoms with Crippen molar-refractivity contribution in [2.75, 3.05) is 26.2 Å². The number of aliphatic hydroxyl groups excluding tert-OH is 1. The summed E-state index contributed by atoms with van der Waals surface area (Å²) in [5.41, 5.74) is 0. The first-order valence-electron chi connectivity index (χ1n) is 6.79. The van der Waals surface area contributed by atoms with Gasteiger partial charge in [0.05, 0.1) is 6.10 Å². The van der Waals surface area contributed by atoms with Crippen LogP contribution in [0.25, 0.3) is 0 Å². The molecule has 2 unspecified atom stereocenters. The summed E-state index contributed by atoms with van der Waals surface area (Å²) in [5.74, 6) is 0.348. The standard InChI is InChI=1S/C13H24N2O2/c1-10(2)14-5-7-15(8-6-14)13(17)11-3-4-12(16)9-11/h10-12,16H,3-9H2,1-2H3. The first kappa shape index (κ1) is 12.8. The number of carbonyl (C=O) groups excluding carboxylic acids is 1. The van der Waals surface area contributed by atoms with Gasteiger partial charge in [0, 0.05) is 38.1 Å². The zero-order valence-electron chi connectivity index (χ0n) is 10.9. The van der Waals surface area contributed by atoms with Gasteiger partial charge in [-0.05, 0) is 33.1 Å². The van der Waals surface area contributed by atoms with Gasteiger partial charge in [-0.25, -0.2) is 0 Å². The molecule has 1 N–H and O–H groups in total. The van der Waals surface area contributed by atoms with E-state index in [-0.39, 0.29) is 17.9 Å². The van der Waals surface area contributed by atoms with Crippen LogP contribution in [0.1, 0.15) is 33.1 Å². The topological polar surface area (TPSA) is 43.8 Å². The molecule has 1 saturated carbocycles. The van der Waals surface area contributed by atoms with Crippen LogP contribution in [-0.4, -0.2) is 59.1 Å². The van der Waals surface area contributed by atoms with Crippen LogP contribution in [0.2, 0.25) is 0 Å². The first-order chi connectivity index (χ1) is 8.08. The van der Waals surface area contributed by atoms with E-state index in [1.807, 2.05) is 4.90 Å². The maximum absolute atomic E-state index is 12.2. The number of aliphatic hydroxyl groups is 1. The molecule has 4 heteroatoms. The Kier molecular flexibility index (Phi) is 4.05. The molecular formula is C13H24N2O2. The first-order valence-corrected chi connectivity index (χ1v) is 6.79. The van der Waals surface area contributed by atoms with Gasteiger partial charge in [0.1, 0.15) is 0 Å². The number of nitrogens with zero attached hydrogens (tertiary/aromatic N) is 2.